The number of hydrogen-bond donors (Lipinski definition) is 1. The summed E-state index contributed by atoms with van der Waals surface area (Å²) in [5, 5.41) is 8.34. The van der Waals surface area contributed by atoms with Gasteiger partial charge in [0, 0.05) is 20.0 Å². The van der Waals surface area contributed by atoms with Crippen molar-refractivity contribution in [2.45, 2.75) is 20.0 Å². The lowest BCUT2D eigenvalue weighted by atomic mass is 10.8. The maximum Gasteiger partial charge on any atom is 0.457 e. The fraction of sp³-hybridized carbons (Fsp3) is 0.667. The molecular weight excluding hydrogens is 180 g/mol. The molecule has 0 unspecified atom stereocenters. The van der Waals surface area contributed by atoms with Crippen molar-refractivity contribution in [3.63, 3.8) is 0 Å². The Morgan fingerprint density at radius 1 is 1.33 bits per heavy atom. The lowest BCUT2D eigenvalue weighted by Gasteiger charge is -2.20. The minimum absolute atomic E-state index is 0.489. The van der Waals surface area contributed by atoms with Crippen molar-refractivity contribution < 1.29 is 23.5 Å². The molecule has 0 saturated heterocycles. The second-order valence-electron chi connectivity index (χ2n) is 2.63. The van der Waals surface area contributed by atoms with Crippen LogP contribution in [0.4, 0.5) is 0 Å². The number of carbonyl (C=O) groups excluding carboxylic acids is 2. The highest BCUT2D eigenvalue weighted by Gasteiger charge is 2.31. The van der Waals surface area contributed by atoms with Crippen LogP contribution in [0.15, 0.2) is 0 Å². The van der Waals surface area contributed by atoms with E-state index in [0.29, 0.717) is 0 Å². The summed E-state index contributed by atoms with van der Waals surface area (Å²) in [6, 6.07) is 0. The molecule has 5 nitrogen and oxygen atoms in total. The SMILES string of the molecule is CC(=O)O[Si](C)(C)OC(=O)CO. The molecule has 6 heteroatoms. The van der Waals surface area contributed by atoms with E-state index in [0.717, 1.165) is 0 Å². The summed E-state index contributed by atoms with van der Waals surface area (Å²) in [6.07, 6.45) is 0. The van der Waals surface area contributed by atoms with Crippen LogP contribution in [-0.2, 0) is 18.4 Å². The van der Waals surface area contributed by atoms with Gasteiger partial charge >= 0.3 is 14.5 Å². The van der Waals surface area contributed by atoms with Gasteiger partial charge in [-0.05, 0) is 0 Å². The standard InChI is InChI=1S/C6H12O5Si/c1-5(8)10-12(2,3)11-6(9)4-7/h7H,4H2,1-3H3. The second kappa shape index (κ2) is 4.22. The van der Waals surface area contributed by atoms with E-state index in [1.165, 1.54) is 6.92 Å². The van der Waals surface area contributed by atoms with Gasteiger partial charge in [-0.25, -0.2) is 0 Å². The van der Waals surface area contributed by atoms with Crippen LogP contribution < -0.4 is 0 Å². The lowest BCUT2D eigenvalue weighted by molar-refractivity contribution is -0.142. The predicted molar refractivity (Wildman–Crippen MR) is 42.4 cm³/mol. The molecule has 1 N–H and O–H groups in total. The average molecular weight is 192 g/mol. The molecule has 0 aliphatic heterocycles. The fourth-order valence-corrected chi connectivity index (χ4v) is 2.02. The van der Waals surface area contributed by atoms with Crippen LogP contribution in [0.5, 0.6) is 0 Å². The maximum absolute atomic E-state index is 10.6. The Bertz CT molecular complexity index is 188. The van der Waals surface area contributed by atoms with Gasteiger partial charge in [0.15, 0.2) is 0 Å². The van der Waals surface area contributed by atoms with Gasteiger partial charge in [-0.1, -0.05) is 0 Å². The summed E-state index contributed by atoms with van der Waals surface area (Å²) in [7, 11) is -2.71. The molecule has 0 spiro atoms. The van der Waals surface area contributed by atoms with Crippen molar-refractivity contribution >= 4 is 20.5 Å². The van der Waals surface area contributed by atoms with Crippen LogP contribution in [0, 0.1) is 0 Å². The van der Waals surface area contributed by atoms with Gasteiger partial charge in [-0.2, -0.15) is 0 Å². The number of rotatable bonds is 3. The molecule has 0 bridgehead atoms. The number of hydrogen-bond acceptors (Lipinski definition) is 5. The highest BCUT2D eigenvalue weighted by Crippen LogP contribution is 2.06. The molecule has 0 aromatic carbocycles. The maximum atomic E-state index is 10.6. The molecule has 0 fully saturated rings. The van der Waals surface area contributed by atoms with Crippen LogP contribution in [-0.4, -0.2) is 32.2 Å². The normalized spacial score (nSPS) is 10.7. The van der Waals surface area contributed by atoms with Crippen LogP contribution in [0.25, 0.3) is 0 Å². The molecule has 0 atom stereocenters. The number of carbonyl (C=O) groups is 2. The molecule has 0 aromatic rings. The largest absolute Gasteiger partial charge is 0.485 e. The quantitative estimate of drug-likeness (QED) is 0.626. The Morgan fingerprint density at radius 2 is 1.83 bits per heavy atom. The van der Waals surface area contributed by atoms with E-state index in [9.17, 15) is 9.59 Å². The molecule has 0 aliphatic carbocycles. The zero-order valence-electron chi connectivity index (χ0n) is 7.29. The monoisotopic (exact) mass is 192 g/mol. The highest BCUT2D eigenvalue weighted by molar-refractivity contribution is 6.67. The van der Waals surface area contributed by atoms with Gasteiger partial charge in [-0.3, -0.25) is 9.59 Å². The Kier molecular flexibility index (Phi) is 3.91. The first-order chi connectivity index (χ1) is 5.37. The minimum Gasteiger partial charge on any atom is -0.485 e. The highest BCUT2D eigenvalue weighted by atomic mass is 28.4. The van der Waals surface area contributed by atoms with Crippen molar-refractivity contribution in [2.75, 3.05) is 6.61 Å². The van der Waals surface area contributed by atoms with Crippen molar-refractivity contribution in [1.29, 1.82) is 0 Å². The van der Waals surface area contributed by atoms with Crippen LogP contribution >= 0.6 is 0 Å². The van der Waals surface area contributed by atoms with Crippen molar-refractivity contribution in [3.05, 3.63) is 0 Å². The van der Waals surface area contributed by atoms with Gasteiger partial charge in [0.25, 0.3) is 5.97 Å². The summed E-state index contributed by atoms with van der Waals surface area (Å²) in [5.41, 5.74) is 0. The van der Waals surface area contributed by atoms with Gasteiger partial charge in [0.2, 0.25) is 0 Å². The third kappa shape index (κ3) is 4.86. The summed E-state index contributed by atoms with van der Waals surface area (Å²) in [5.74, 6) is -1.26. The first kappa shape index (κ1) is 11.1. The van der Waals surface area contributed by atoms with E-state index in [-0.39, 0.29) is 0 Å². The molecule has 0 radical (unpaired) electrons. The van der Waals surface area contributed by atoms with Gasteiger partial charge in [0.1, 0.15) is 6.61 Å². The summed E-state index contributed by atoms with van der Waals surface area (Å²) in [4.78, 5) is 21.1. The Morgan fingerprint density at radius 3 is 2.17 bits per heavy atom. The van der Waals surface area contributed by atoms with Gasteiger partial charge in [-0.15, -0.1) is 0 Å². The second-order valence-corrected chi connectivity index (χ2v) is 5.83. The Hall–Kier alpha value is -0.883. The number of aliphatic hydroxyl groups is 1. The van der Waals surface area contributed by atoms with Crippen molar-refractivity contribution in [2.24, 2.45) is 0 Å². The third-order valence-electron chi connectivity index (χ3n) is 0.878. The molecule has 70 valence electrons. The van der Waals surface area contributed by atoms with E-state index in [1.54, 1.807) is 13.1 Å². The van der Waals surface area contributed by atoms with Crippen LogP contribution in [0.3, 0.4) is 0 Å². The third-order valence-corrected chi connectivity index (χ3v) is 2.38. The van der Waals surface area contributed by atoms with Crippen molar-refractivity contribution in [3.8, 4) is 0 Å². The molecule has 0 rings (SSSR count). The minimum atomic E-state index is -2.71. The molecular formula is C6H12O5Si. The van der Waals surface area contributed by atoms with E-state index < -0.39 is 27.1 Å². The van der Waals surface area contributed by atoms with E-state index >= 15 is 0 Å². The van der Waals surface area contributed by atoms with Crippen molar-refractivity contribution in [1.82, 2.24) is 0 Å². The van der Waals surface area contributed by atoms with Crippen LogP contribution in [0.1, 0.15) is 6.92 Å². The lowest BCUT2D eigenvalue weighted by Crippen LogP contribution is -2.39. The molecule has 0 amide bonds. The molecule has 0 aromatic heterocycles. The summed E-state index contributed by atoms with van der Waals surface area (Å²) >= 11 is 0. The molecule has 12 heavy (non-hydrogen) atoms. The Balaban J connectivity index is 4.03. The van der Waals surface area contributed by atoms with E-state index in [4.69, 9.17) is 14.0 Å². The van der Waals surface area contributed by atoms with Crippen LogP contribution in [0.2, 0.25) is 13.1 Å². The van der Waals surface area contributed by atoms with E-state index in [2.05, 4.69) is 0 Å². The first-order valence-corrected chi connectivity index (χ1v) is 6.21. The topological polar surface area (TPSA) is 72.8 Å². The predicted octanol–water partition coefficient (Wildman–Crippen LogP) is -0.213. The fourth-order valence-electron chi connectivity index (χ4n) is 0.673. The van der Waals surface area contributed by atoms with Gasteiger partial charge < -0.3 is 14.0 Å². The smallest absolute Gasteiger partial charge is 0.457 e. The zero-order valence-corrected chi connectivity index (χ0v) is 8.29. The van der Waals surface area contributed by atoms with E-state index in [1.807, 2.05) is 0 Å². The van der Waals surface area contributed by atoms with Gasteiger partial charge in [0.05, 0.1) is 0 Å². The molecule has 0 saturated carbocycles. The average Bonchev–Trinajstić information content (AvgIpc) is 1.83. The molecule has 0 heterocycles. The molecule has 0 aliphatic rings. The zero-order chi connectivity index (χ0) is 9.78. The Labute approximate surface area is 71.5 Å². The number of aliphatic hydroxyl groups excluding tert-OH is 1. The first-order valence-electron chi connectivity index (χ1n) is 3.39. The summed E-state index contributed by atoms with van der Waals surface area (Å²) in [6.45, 7) is 3.63. The summed E-state index contributed by atoms with van der Waals surface area (Å²) < 4.78 is 9.46.